The SMILES string of the molecule is C[C@]12CCCC=C1C(C#N)(C#N)C(=N)C(C#N)[C@@H]2c1ccc(Cl)cc1. The van der Waals surface area contributed by atoms with Crippen LogP contribution in [0, 0.1) is 56.2 Å². The molecule has 3 atom stereocenters. The number of hydrogen-bond acceptors (Lipinski definition) is 4. The van der Waals surface area contributed by atoms with Crippen molar-refractivity contribution in [2.45, 2.75) is 32.1 Å². The van der Waals surface area contributed by atoms with Gasteiger partial charge in [-0.25, -0.2) is 0 Å². The summed E-state index contributed by atoms with van der Waals surface area (Å²) >= 11 is 6.01. The van der Waals surface area contributed by atoms with Gasteiger partial charge in [-0.15, -0.1) is 0 Å². The Bertz CT molecular complexity index is 864. The topological polar surface area (TPSA) is 95.2 Å². The summed E-state index contributed by atoms with van der Waals surface area (Å²) in [6.07, 6.45) is 4.44. The molecular weight excluding hydrogens is 332 g/mol. The summed E-state index contributed by atoms with van der Waals surface area (Å²) in [4.78, 5) is 0. The average Bonchev–Trinajstić information content (AvgIpc) is 2.62. The van der Waals surface area contributed by atoms with E-state index in [2.05, 4.69) is 18.2 Å². The Kier molecular flexibility index (Phi) is 4.16. The van der Waals surface area contributed by atoms with Crippen molar-refractivity contribution in [3.63, 3.8) is 0 Å². The van der Waals surface area contributed by atoms with E-state index in [1.165, 1.54) is 0 Å². The van der Waals surface area contributed by atoms with Crippen LogP contribution < -0.4 is 0 Å². The Morgan fingerprint density at radius 2 is 1.80 bits per heavy atom. The van der Waals surface area contributed by atoms with Gasteiger partial charge >= 0.3 is 0 Å². The van der Waals surface area contributed by atoms with Crippen LogP contribution in [0.25, 0.3) is 0 Å². The van der Waals surface area contributed by atoms with E-state index in [0.717, 1.165) is 24.8 Å². The minimum Gasteiger partial charge on any atom is -0.305 e. The summed E-state index contributed by atoms with van der Waals surface area (Å²) in [6.45, 7) is 2.03. The molecule has 0 spiro atoms. The average molecular weight is 349 g/mol. The zero-order valence-electron chi connectivity index (χ0n) is 13.9. The molecule has 1 aromatic carbocycles. The van der Waals surface area contributed by atoms with Crippen molar-refractivity contribution >= 4 is 17.3 Å². The minimum atomic E-state index is -1.64. The van der Waals surface area contributed by atoms with E-state index in [0.29, 0.717) is 10.6 Å². The van der Waals surface area contributed by atoms with E-state index in [9.17, 15) is 15.8 Å². The van der Waals surface area contributed by atoms with Crippen molar-refractivity contribution in [2.75, 3.05) is 0 Å². The summed E-state index contributed by atoms with van der Waals surface area (Å²) < 4.78 is 0. The Morgan fingerprint density at radius 3 is 2.36 bits per heavy atom. The van der Waals surface area contributed by atoms with E-state index in [1.54, 1.807) is 12.1 Å². The molecule has 4 nitrogen and oxygen atoms in total. The van der Waals surface area contributed by atoms with Crippen LogP contribution in [0.3, 0.4) is 0 Å². The Morgan fingerprint density at radius 1 is 1.16 bits per heavy atom. The van der Waals surface area contributed by atoms with E-state index < -0.39 is 16.7 Å². The molecule has 2 aliphatic carbocycles. The Hall–Kier alpha value is -2.61. The van der Waals surface area contributed by atoms with E-state index in [4.69, 9.17) is 17.0 Å². The second-order valence-electron chi connectivity index (χ2n) is 6.95. The van der Waals surface area contributed by atoms with Crippen molar-refractivity contribution in [2.24, 2.45) is 16.7 Å². The lowest BCUT2D eigenvalue weighted by Gasteiger charge is -2.52. The van der Waals surface area contributed by atoms with Gasteiger partial charge in [0.2, 0.25) is 5.41 Å². The quantitative estimate of drug-likeness (QED) is 0.742. The fraction of sp³-hybridized carbons (Fsp3) is 0.400. The van der Waals surface area contributed by atoms with Gasteiger partial charge in [-0.3, -0.25) is 0 Å². The molecule has 0 amide bonds. The molecule has 0 heterocycles. The molecule has 0 saturated heterocycles. The van der Waals surface area contributed by atoms with Crippen molar-refractivity contribution in [3.8, 4) is 18.2 Å². The van der Waals surface area contributed by atoms with Gasteiger partial charge in [-0.1, -0.05) is 36.7 Å². The van der Waals surface area contributed by atoms with Gasteiger partial charge in [0.15, 0.2) is 0 Å². The Balaban J connectivity index is 2.29. The minimum absolute atomic E-state index is 0.106. The first-order valence-electron chi connectivity index (χ1n) is 8.22. The zero-order chi connectivity index (χ0) is 18.2. The molecule has 1 unspecified atom stereocenters. The lowest BCUT2D eigenvalue weighted by molar-refractivity contribution is 0.212. The van der Waals surface area contributed by atoms with Gasteiger partial charge in [0, 0.05) is 10.9 Å². The van der Waals surface area contributed by atoms with Crippen LogP contribution in [-0.4, -0.2) is 5.71 Å². The first kappa shape index (κ1) is 17.2. The molecule has 0 aromatic heterocycles. The molecule has 3 rings (SSSR count). The van der Waals surface area contributed by atoms with Gasteiger partial charge in [0.25, 0.3) is 0 Å². The molecule has 1 fully saturated rings. The third-order valence-corrected chi connectivity index (χ3v) is 5.96. The smallest absolute Gasteiger partial charge is 0.203 e. The van der Waals surface area contributed by atoms with Crippen LogP contribution >= 0.6 is 11.6 Å². The molecule has 124 valence electrons. The highest BCUT2D eigenvalue weighted by atomic mass is 35.5. The van der Waals surface area contributed by atoms with Gasteiger partial charge in [-0.2, -0.15) is 15.8 Å². The van der Waals surface area contributed by atoms with Crippen LogP contribution in [0.5, 0.6) is 0 Å². The molecule has 5 heteroatoms. The lowest BCUT2D eigenvalue weighted by Crippen LogP contribution is -2.52. The maximum Gasteiger partial charge on any atom is 0.203 e. The lowest BCUT2D eigenvalue weighted by atomic mass is 9.47. The highest BCUT2D eigenvalue weighted by Crippen LogP contribution is 2.61. The van der Waals surface area contributed by atoms with Crippen molar-refractivity contribution < 1.29 is 0 Å². The molecule has 25 heavy (non-hydrogen) atoms. The predicted octanol–water partition coefficient (Wildman–Crippen LogP) is 4.75. The molecule has 0 radical (unpaired) electrons. The van der Waals surface area contributed by atoms with Crippen molar-refractivity contribution in [1.29, 1.82) is 21.2 Å². The number of halogens is 1. The normalized spacial score (nSPS) is 30.2. The standard InChI is InChI=1S/C20H17ClN4/c1-19-9-3-2-4-16(19)20(11-23,12-24)18(25)15(10-22)17(19)13-5-7-14(21)8-6-13/h4-8,15,17,25H,2-3,9H2,1H3/t15?,17-,19-/m0/s1. The monoisotopic (exact) mass is 348 g/mol. The summed E-state index contributed by atoms with van der Waals surface area (Å²) in [5.41, 5.74) is -0.653. The van der Waals surface area contributed by atoms with Crippen LogP contribution in [0.15, 0.2) is 35.9 Å². The predicted molar refractivity (Wildman–Crippen MR) is 94.7 cm³/mol. The summed E-state index contributed by atoms with van der Waals surface area (Å²) in [7, 11) is 0. The number of rotatable bonds is 1. The van der Waals surface area contributed by atoms with Crippen LogP contribution in [0.2, 0.25) is 5.02 Å². The second kappa shape index (κ2) is 6.03. The van der Waals surface area contributed by atoms with E-state index in [1.807, 2.05) is 25.1 Å². The van der Waals surface area contributed by atoms with Crippen molar-refractivity contribution in [1.82, 2.24) is 0 Å². The van der Waals surface area contributed by atoms with Crippen LogP contribution in [-0.2, 0) is 0 Å². The third-order valence-electron chi connectivity index (χ3n) is 5.71. The summed E-state index contributed by atoms with van der Waals surface area (Å²) in [5.74, 6) is -1.09. The number of nitrogens with zero attached hydrogens (tertiary/aromatic N) is 3. The second-order valence-corrected chi connectivity index (χ2v) is 7.39. The highest BCUT2D eigenvalue weighted by molar-refractivity contribution is 6.30. The largest absolute Gasteiger partial charge is 0.305 e. The molecule has 0 aliphatic heterocycles. The zero-order valence-corrected chi connectivity index (χ0v) is 14.6. The van der Waals surface area contributed by atoms with Gasteiger partial charge in [0.05, 0.1) is 29.8 Å². The maximum atomic E-state index is 9.82. The summed E-state index contributed by atoms with van der Waals surface area (Å²) in [5, 5.41) is 38.6. The number of hydrogen-bond donors (Lipinski definition) is 1. The fourth-order valence-corrected chi connectivity index (χ4v) is 4.66. The van der Waals surface area contributed by atoms with Crippen LogP contribution in [0.4, 0.5) is 0 Å². The number of nitriles is 3. The number of nitrogens with one attached hydrogen (secondary N) is 1. The summed E-state index contributed by atoms with van der Waals surface area (Å²) in [6, 6.07) is 13.7. The first-order chi connectivity index (χ1) is 11.9. The van der Waals surface area contributed by atoms with Gasteiger partial charge < -0.3 is 5.41 Å². The van der Waals surface area contributed by atoms with E-state index in [-0.39, 0.29) is 11.6 Å². The Labute approximate surface area is 152 Å². The van der Waals surface area contributed by atoms with E-state index >= 15 is 0 Å². The maximum absolute atomic E-state index is 9.82. The number of fused-ring (bicyclic) bond motifs is 1. The van der Waals surface area contributed by atoms with Crippen LogP contribution in [0.1, 0.15) is 37.7 Å². The number of allylic oxidation sites excluding steroid dienone is 2. The molecular formula is C20H17ClN4. The first-order valence-corrected chi connectivity index (χ1v) is 8.60. The molecule has 0 bridgehead atoms. The number of benzene rings is 1. The van der Waals surface area contributed by atoms with Gasteiger partial charge in [-0.05, 0) is 47.9 Å². The third kappa shape index (κ3) is 2.28. The highest BCUT2D eigenvalue weighted by Gasteiger charge is 2.60. The van der Waals surface area contributed by atoms with Gasteiger partial charge in [0.1, 0.15) is 0 Å². The molecule has 1 saturated carbocycles. The molecule has 1 N–H and O–H groups in total. The molecule has 2 aliphatic rings. The molecule has 1 aromatic rings. The van der Waals surface area contributed by atoms with Crippen molar-refractivity contribution in [3.05, 3.63) is 46.5 Å². The fourth-order valence-electron chi connectivity index (χ4n) is 4.54.